The summed E-state index contributed by atoms with van der Waals surface area (Å²) in [4.78, 5) is 0. The zero-order valence-electron chi connectivity index (χ0n) is 44.3. The Kier molecular flexibility index (Phi) is 11.9. The molecular formula is C73H49F3N4. The Morgan fingerprint density at radius 3 is 1.09 bits per heavy atom. The van der Waals surface area contributed by atoms with Gasteiger partial charge in [0.15, 0.2) is 0 Å². The summed E-state index contributed by atoms with van der Waals surface area (Å²) >= 11 is 0. The molecule has 13 rings (SSSR count). The number of hydrogen-bond donors (Lipinski definition) is 0. The van der Waals surface area contributed by atoms with Crippen molar-refractivity contribution >= 4 is 43.6 Å². The van der Waals surface area contributed by atoms with Crippen molar-refractivity contribution in [1.82, 2.24) is 9.13 Å². The predicted molar refractivity (Wildman–Crippen MR) is 321 cm³/mol. The Morgan fingerprint density at radius 2 is 0.700 bits per heavy atom. The van der Waals surface area contributed by atoms with Gasteiger partial charge in [0.2, 0.25) is 0 Å². The highest BCUT2D eigenvalue weighted by molar-refractivity contribution is 6.14. The summed E-state index contributed by atoms with van der Waals surface area (Å²) in [5, 5.41) is 26.1. The maximum Gasteiger partial charge on any atom is 0.416 e. The number of nitrogens with zero attached hydrogens (tertiary/aromatic N) is 4. The summed E-state index contributed by atoms with van der Waals surface area (Å²) in [5.41, 5.74) is 20.0. The number of rotatable bonds is 8. The first-order chi connectivity index (χ1) is 38.9. The van der Waals surface area contributed by atoms with Gasteiger partial charge in [-0.15, -0.1) is 0 Å². The van der Waals surface area contributed by atoms with Gasteiger partial charge in [-0.25, -0.2) is 0 Å². The van der Waals surface area contributed by atoms with Crippen LogP contribution in [0, 0.1) is 50.4 Å². The van der Waals surface area contributed by atoms with Crippen LogP contribution in [0.3, 0.4) is 0 Å². The molecule has 0 unspecified atom stereocenters. The zero-order chi connectivity index (χ0) is 55.0. The van der Waals surface area contributed by atoms with E-state index >= 15 is 0 Å². The van der Waals surface area contributed by atoms with Crippen LogP contribution in [-0.4, -0.2) is 9.13 Å². The van der Waals surface area contributed by atoms with E-state index in [1.54, 1.807) is 0 Å². The maximum atomic E-state index is 14.3. The highest BCUT2D eigenvalue weighted by Crippen LogP contribution is 2.47. The second-order valence-electron chi connectivity index (χ2n) is 20.8. The van der Waals surface area contributed by atoms with Gasteiger partial charge in [0.1, 0.15) is 0 Å². The normalized spacial score (nSPS) is 11.7. The molecule has 0 amide bonds. The molecule has 0 spiro atoms. The molecule has 80 heavy (non-hydrogen) atoms. The Balaban J connectivity index is 1.14. The summed E-state index contributed by atoms with van der Waals surface area (Å²) in [7, 11) is 0. The van der Waals surface area contributed by atoms with Gasteiger partial charge < -0.3 is 9.13 Å². The Hall–Kier alpha value is -10.2. The van der Waals surface area contributed by atoms with E-state index < -0.39 is 11.7 Å². The van der Waals surface area contributed by atoms with E-state index in [2.05, 4.69) is 195 Å². The van der Waals surface area contributed by atoms with Gasteiger partial charge in [0.05, 0.1) is 62.3 Å². The Morgan fingerprint density at radius 1 is 0.325 bits per heavy atom. The van der Waals surface area contributed by atoms with Crippen LogP contribution in [0.25, 0.3) is 122 Å². The van der Waals surface area contributed by atoms with Gasteiger partial charge in [0, 0.05) is 32.7 Å². The third-order valence-electron chi connectivity index (χ3n) is 16.0. The van der Waals surface area contributed by atoms with Crippen LogP contribution in [0.2, 0.25) is 0 Å². The fourth-order valence-corrected chi connectivity index (χ4v) is 12.1. The van der Waals surface area contributed by atoms with Gasteiger partial charge in [-0.3, -0.25) is 0 Å². The molecule has 382 valence electrons. The van der Waals surface area contributed by atoms with Crippen LogP contribution in [0.4, 0.5) is 13.2 Å². The summed E-state index contributed by atoms with van der Waals surface area (Å²) in [6.07, 6.45) is -4.65. The molecule has 2 aromatic heterocycles. The Bertz CT molecular complexity index is 4580. The summed E-state index contributed by atoms with van der Waals surface area (Å²) in [6, 6.07) is 79.4. The number of halogens is 3. The van der Waals surface area contributed by atoms with Crippen molar-refractivity contribution in [3.63, 3.8) is 0 Å². The number of alkyl halides is 3. The summed E-state index contributed by atoms with van der Waals surface area (Å²) in [6.45, 7) is 8.49. The minimum absolute atomic E-state index is 0.118. The number of nitriles is 2. The highest BCUT2D eigenvalue weighted by atomic mass is 19.4. The molecule has 0 N–H and O–H groups in total. The van der Waals surface area contributed by atoms with Crippen molar-refractivity contribution in [2.24, 2.45) is 0 Å². The van der Waals surface area contributed by atoms with Crippen LogP contribution in [0.1, 0.15) is 38.9 Å². The van der Waals surface area contributed by atoms with E-state index in [0.717, 1.165) is 134 Å². The fraction of sp³-hybridized carbons (Fsp3) is 0.0685. The van der Waals surface area contributed by atoms with Crippen LogP contribution in [0.5, 0.6) is 0 Å². The number of benzene rings is 11. The minimum atomic E-state index is -4.65. The van der Waals surface area contributed by atoms with Gasteiger partial charge in [-0.2, -0.15) is 23.7 Å². The highest BCUT2D eigenvalue weighted by Gasteiger charge is 2.32. The fourth-order valence-electron chi connectivity index (χ4n) is 12.1. The predicted octanol–water partition coefficient (Wildman–Crippen LogP) is 19.9. The molecule has 0 saturated heterocycles. The molecule has 0 saturated carbocycles. The van der Waals surface area contributed by atoms with E-state index in [1.807, 2.05) is 60.7 Å². The van der Waals surface area contributed by atoms with Gasteiger partial charge >= 0.3 is 6.18 Å². The van der Waals surface area contributed by atoms with Crippen molar-refractivity contribution in [2.75, 3.05) is 0 Å². The molecule has 4 nitrogen and oxygen atoms in total. The lowest BCUT2D eigenvalue weighted by Crippen LogP contribution is -2.06. The third kappa shape index (κ3) is 8.22. The number of hydrogen-bond acceptors (Lipinski definition) is 2. The lowest BCUT2D eigenvalue weighted by Gasteiger charge is -2.21. The first-order valence-corrected chi connectivity index (χ1v) is 26.6. The minimum Gasteiger partial charge on any atom is -0.309 e. The summed E-state index contributed by atoms with van der Waals surface area (Å²) in [5.74, 6) is 0. The molecule has 0 aliphatic rings. The molecule has 2 heterocycles. The van der Waals surface area contributed by atoms with Crippen molar-refractivity contribution in [3.8, 4) is 90.3 Å². The first-order valence-electron chi connectivity index (χ1n) is 26.6. The van der Waals surface area contributed by atoms with Gasteiger partial charge in [-0.05, 0) is 191 Å². The number of aromatic nitrogens is 2. The second-order valence-corrected chi connectivity index (χ2v) is 20.8. The van der Waals surface area contributed by atoms with Crippen molar-refractivity contribution in [2.45, 2.75) is 33.9 Å². The van der Waals surface area contributed by atoms with E-state index in [0.29, 0.717) is 27.8 Å². The lowest BCUT2D eigenvalue weighted by molar-refractivity contribution is -0.137. The summed E-state index contributed by atoms with van der Waals surface area (Å²) < 4.78 is 47.3. The van der Waals surface area contributed by atoms with Crippen molar-refractivity contribution < 1.29 is 13.2 Å². The van der Waals surface area contributed by atoms with Gasteiger partial charge in [0.25, 0.3) is 0 Å². The molecule has 0 bridgehead atoms. The third-order valence-corrected chi connectivity index (χ3v) is 16.0. The molecule has 0 atom stereocenters. The average Bonchev–Trinajstić information content (AvgIpc) is 4.17. The molecular weight excluding hydrogens is 990 g/mol. The maximum absolute atomic E-state index is 14.3. The standard InChI is InChI=1S/C73H49F3N4/c1-44-14-5-9-19-56(44)48-24-31-66-61(37-48)62-38-49(57-20-10-6-15-45(57)2)25-32-67(62)79(66)70-35-28-52(60-30-29-55(73(74,75)76)36-54(60)43-78)41-65(70)72-53(42-77)18-13-23-71(72)80-68-33-26-50(58-21-11-7-16-46(58)3)39-63(68)64-40-51(27-34-69(64)80)59-22-12-8-17-47(59)4/h5-41H,1-4H3. The topological polar surface area (TPSA) is 57.4 Å². The van der Waals surface area contributed by atoms with Crippen molar-refractivity contribution in [1.29, 1.82) is 10.5 Å². The quantitative estimate of drug-likeness (QED) is 0.152. The number of aryl methyl sites for hydroxylation is 4. The lowest BCUT2D eigenvalue weighted by atomic mass is 9.91. The first kappa shape index (κ1) is 49.4. The molecule has 11 aromatic carbocycles. The van der Waals surface area contributed by atoms with E-state index in [1.165, 1.54) is 6.07 Å². The molecule has 7 heteroatoms. The zero-order valence-corrected chi connectivity index (χ0v) is 44.3. The molecule has 0 fully saturated rings. The van der Waals surface area contributed by atoms with Crippen molar-refractivity contribution in [3.05, 3.63) is 263 Å². The molecule has 0 radical (unpaired) electrons. The van der Waals surface area contributed by atoms with E-state index in [-0.39, 0.29) is 5.56 Å². The second kappa shape index (κ2) is 19.4. The average molecular weight is 1040 g/mol. The van der Waals surface area contributed by atoms with Crippen LogP contribution in [0.15, 0.2) is 224 Å². The van der Waals surface area contributed by atoms with E-state index in [4.69, 9.17) is 0 Å². The molecule has 13 aromatic rings. The monoisotopic (exact) mass is 1040 g/mol. The molecule has 0 aliphatic carbocycles. The molecule has 0 aliphatic heterocycles. The van der Waals surface area contributed by atoms with Crippen LogP contribution >= 0.6 is 0 Å². The van der Waals surface area contributed by atoms with Crippen LogP contribution < -0.4 is 0 Å². The van der Waals surface area contributed by atoms with Gasteiger partial charge in [-0.1, -0.05) is 140 Å². The largest absolute Gasteiger partial charge is 0.416 e. The smallest absolute Gasteiger partial charge is 0.309 e. The van der Waals surface area contributed by atoms with E-state index in [9.17, 15) is 23.7 Å². The SMILES string of the molecule is Cc1ccccc1-c1ccc2c(c1)c1cc(-c3ccccc3C)ccc1n2-c1ccc(-c2ccc(C(F)(F)F)cc2C#N)cc1-c1c(C#N)cccc1-n1c2ccc(-c3ccccc3C)cc2c2cc(-c3ccccc3C)ccc21. The Labute approximate surface area is 461 Å². The number of fused-ring (bicyclic) bond motifs is 6. The van der Waals surface area contributed by atoms with Crippen LogP contribution in [-0.2, 0) is 6.18 Å².